The maximum absolute atomic E-state index is 12.0. The van der Waals surface area contributed by atoms with Gasteiger partial charge in [0.1, 0.15) is 6.61 Å². The molecule has 3 heterocycles. The van der Waals surface area contributed by atoms with E-state index in [-0.39, 0.29) is 5.97 Å². The van der Waals surface area contributed by atoms with Crippen LogP contribution in [0.25, 0.3) is 0 Å². The SMILES string of the molecule is CN1CCC(C2CCN(CC(=O)OCc3ccncc3)CC2)CC1. The second kappa shape index (κ2) is 8.58. The molecule has 0 aliphatic carbocycles. The lowest BCUT2D eigenvalue weighted by molar-refractivity contribution is -0.146. The summed E-state index contributed by atoms with van der Waals surface area (Å²) in [5.74, 6) is 1.62. The van der Waals surface area contributed by atoms with Crippen molar-refractivity contribution >= 4 is 5.97 Å². The van der Waals surface area contributed by atoms with Gasteiger partial charge in [-0.25, -0.2) is 0 Å². The van der Waals surface area contributed by atoms with Gasteiger partial charge in [0.25, 0.3) is 0 Å². The van der Waals surface area contributed by atoms with Gasteiger partial charge < -0.3 is 9.64 Å². The summed E-state index contributed by atoms with van der Waals surface area (Å²) in [6.07, 6.45) is 8.58. The number of ether oxygens (including phenoxy) is 1. The zero-order valence-electron chi connectivity index (χ0n) is 14.7. The highest BCUT2D eigenvalue weighted by molar-refractivity contribution is 5.71. The third kappa shape index (κ3) is 5.02. The fourth-order valence-electron chi connectivity index (χ4n) is 3.95. The van der Waals surface area contributed by atoms with Crippen molar-refractivity contribution in [2.75, 3.05) is 39.8 Å². The van der Waals surface area contributed by atoms with Gasteiger partial charge in [0.05, 0.1) is 6.54 Å². The van der Waals surface area contributed by atoms with E-state index in [2.05, 4.69) is 21.8 Å². The minimum absolute atomic E-state index is 0.121. The summed E-state index contributed by atoms with van der Waals surface area (Å²) in [6.45, 7) is 5.31. The van der Waals surface area contributed by atoms with Gasteiger partial charge in [0.2, 0.25) is 0 Å². The number of esters is 1. The number of aromatic nitrogens is 1. The van der Waals surface area contributed by atoms with Crippen LogP contribution in [-0.2, 0) is 16.1 Å². The fraction of sp³-hybridized carbons (Fsp3) is 0.684. The van der Waals surface area contributed by atoms with E-state index in [1.54, 1.807) is 12.4 Å². The standard InChI is InChI=1S/C19H29N3O2/c1-21-10-4-17(5-11-21)18-6-12-22(13-7-18)14-19(23)24-15-16-2-8-20-9-3-16/h2-3,8-9,17-18H,4-7,10-15H2,1H3. The van der Waals surface area contributed by atoms with Crippen molar-refractivity contribution in [2.24, 2.45) is 11.8 Å². The van der Waals surface area contributed by atoms with Crippen LogP contribution in [0.3, 0.4) is 0 Å². The van der Waals surface area contributed by atoms with Gasteiger partial charge >= 0.3 is 5.97 Å². The van der Waals surface area contributed by atoms with Crippen molar-refractivity contribution in [2.45, 2.75) is 32.3 Å². The van der Waals surface area contributed by atoms with Gasteiger partial charge in [0, 0.05) is 12.4 Å². The molecule has 132 valence electrons. The molecule has 0 atom stereocenters. The Balaban J connectivity index is 1.35. The Labute approximate surface area is 145 Å². The quantitative estimate of drug-likeness (QED) is 0.774. The summed E-state index contributed by atoms with van der Waals surface area (Å²) < 4.78 is 5.37. The number of hydrogen-bond acceptors (Lipinski definition) is 5. The third-order valence-electron chi connectivity index (χ3n) is 5.56. The number of pyridine rings is 1. The average Bonchev–Trinajstić information content (AvgIpc) is 2.62. The molecule has 0 bridgehead atoms. The number of nitrogens with zero attached hydrogens (tertiary/aromatic N) is 3. The molecule has 3 rings (SSSR count). The van der Waals surface area contributed by atoms with Crippen LogP contribution in [0.5, 0.6) is 0 Å². The molecule has 0 saturated carbocycles. The van der Waals surface area contributed by atoms with Crippen LogP contribution in [0.15, 0.2) is 24.5 Å². The number of carbonyl (C=O) groups excluding carboxylic acids is 1. The average molecular weight is 331 g/mol. The van der Waals surface area contributed by atoms with Crippen molar-refractivity contribution in [1.29, 1.82) is 0 Å². The van der Waals surface area contributed by atoms with E-state index in [0.29, 0.717) is 13.2 Å². The summed E-state index contributed by atoms with van der Waals surface area (Å²) in [5.41, 5.74) is 0.985. The molecule has 24 heavy (non-hydrogen) atoms. The van der Waals surface area contributed by atoms with Crippen LogP contribution < -0.4 is 0 Å². The summed E-state index contributed by atoms with van der Waals surface area (Å²) >= 11 is 0. The minimum atomic E-state index is -0.121. The molecule has 2 saturated heterocycles. The lowest BCUT2D eigenvalue weighted by Gasteiger charge is -2.39. The van der Waals surface area contributed by atoms with Gasteiger partial charge in [-0.3, -0.25) is 14.7 Å². The number of hydrogen-bond donors (Lipinski definition) is 0. The Kier molecular flexibility index (Phi) is 6.21. The molecule has 2 aliphatic heterocycles. The van der Waals surface area contributed by atoms with Crippen molar-refractivity contribution in [3.05, 3.63) is 30.1 Å². The normalized spacial score (nSPS) is 21.7. The molecule has 0 N–H and O–H groups in total. The highest BCUT2D eigenvalue weighted by Gasteiger charge is 2.29. The lowest BCUT2D eigenvalue weighted by atomic mass is 9.79. The predicted molar refractivity (Wildman–Crippen MR) is 93.4 cm³/mol. The van der Waals surface area contributed by atoms with Crippen LogP contribution >= 0.6 is 0 Å². The maximum atomic E-state index is 12.0. The van der Waals surface area contributed by atoms with E-state index in [1.165, 1.54) is 38.8 Å². The van der Waals surface area contributed by atoms with Gasteiger partial charge in [0.15, 0.2) is 0 Å². The molecule has 0 unspecified atom stereocenters. The number of rotatable bonds is 5. The molecule has 0 spiro atoms. The highest BCUT2D eigenvalue weighted by atomic mass is 16.5. The molecular formula is C19H29N3O2. The van der Waals surface area contributed by atoms with E-state index in [4.69, 9.17) is 4.74 Å². The van der Waals surface area contributed by atoms with Gasteiger partial charge in [-0.05, 0) is 88.4 Å². The van der Waals surface area contributed by atoms with Crippen molar-refractivity contribution in [3.63, 3.8) is 0 Å². The molecule has 0 aromatic carbocycles. The zero-order valence-corrected chi connectivity index (χ0v) is 14.7. The summed E-state index contributed by atoms with van der Waals surface area (Å²) in [6, 6.07) is 3.75. The van der Waals surface area contributed by atoms with Gasteiger partial charge in [-0.15, -0.1) is 0 Å². The van der Waals surface area contributed by atoms with Crippen molar-refractivity contribution < 1.29 is 9.53 Å². The molecule has 5 heteroatoms. The highest BCUT2D eigenvalue weighted by Crippen LogP contribution is 2.32. The predicted octanol–water partition coefficient (Wildman–Crippen LogP) is 2.18. The summed E-state index contributed by atoms with van der Waals surface area (Å²) in [7, 11) is 2.22. The third-order valence-corrected chi connectivity index (χ3v) is 5.56. The second-order valence-electron chi connectivity index (χ2n) is 7.27. The number of carbonyl (C=O) groups is 1. The molecule has 2 fully saturated rings. The molecule has 0 radical (unpaired) electrons. The van der Waals surface area contributed by atoms with E-state index in [1.807, 2.05) is 12.1 Å². The summed E-state index contributed by atoms with van der Waals surface area (Å²) in [4.78, 5) is 20.7. The van der Waals surface area contributed by atoms with Crippen LogP contribution in [0.4, 0.5) is 0 Å². The summed E-state index contributed by atoms with van der Waals surface area (Å²) in [5, 5.41) is 0. The Morgan fingerprint density at radius 3 is 2.29 bits per heavy atom. The smallest absolute Gasteiger partial charge is 0.320 e. The van der Waals surface area contributed by atoms with E-state index < -0.39 is 0 Å². The number of piperidine rings is 2. The zero-order chi connectivity index (χ0) is 16.8. The monoisotopic (exact) mass is 331 g/mol. The van der Waals surface area contributed by atoms with Crippen LogP contribution in [0.2, 0.25) is 0 Å². The van der Waals surface area contributed by atoms with E-state index in [0.717, 1.165) is 30.5 Å². The van der Waals surface area contributed by atoms with Crippen LogP contribution in [-0.4, -0.2) is 60.5 Å². The lowest BCUT2D eigenvalue weighted by Crippen LogP contribution is -2.41. The number of likely N-dealkylation sites (tertiary alicyclic amines) is 2. The first kappa shape index (κ1) is 17.4. The Morgan fingerprint density at radius 1 is 1.08 bits per heavy atom. The Hall–Kier alpha value is -1.46. The first-order valence-electron chi connectivity index (χ1n) is 9.16. The van der Waals surface area contributed by atoms with Gasteiger partial charge in [-0.1, -0.05) is 0 Å². The van der Waals surface area contributed by atoms with Crippen molar-refractivity contribution in [1.82, 2.24) is 14.8 Å². The Bertz CT molecular complexity index is 507. The molecule has 5 nitrogen and oxygen atoms in total. The van der Waals surface area contributed by atoms with Crippen LogP contribution in [0, 0.1) is 11.8 Å². The topological polar surface area (TPSA) is 45.7 Å². The fourth-order valence-corrected chi connectivity index (χ4v) is 3.95. The minimum Gasteiger partial charge on any atom is -0.460 e. The first-order chi connectivity index (χ1) is 11.7. The van der Waals surface area contributed by atoms with Crippen molar-refractivity contribution in [3.8, 4) is 0 Å². The van der Waals surface area contributed by atoms with E-state index in [9.17, 15) is 4.79 Å². The molecule has 0 amide bonds. The van der Waals surface area contributed by atoms with E-state index >= 15 is 0 Å². The van der Waals surface area contributed by atoms with Crippen LogP contribution in [0.1, 0.15) is 31.2 Å². The molecule has 1 aromatic heterocycles. The molecule has 2 aliphatic rings. The maximum Gasteiger partial charge on any atom is 0.320 e. The molecule has 1 aromatic rings. The molecular weight excluding hydrogens is 302 g/mol. The first-order valence-corrected chi connectivity index (χ1v) is 9.16. The largest absolute Gasteiger partial charge is 0.460 e. The Morgan fingerprint density at radius 2 is 1.67 bits per heavy atom. The second-order valence-corrected chi connectivity index (χ2v) is 7.27. The van der Waals surface area contributed by atoms with Gasteiger partial charge in [-0.2, -0.15) is 0 Å².